The number of carbonyl (C=O) groups is 4. The quantitative estimate of drug-likeness (QED) is 0.647. The number of hydrogen-bond acceptors (Lipinski definition) is 4. The van der Waals surface area contributed by atoms with Crippen molar-refractivity contribution >= 4 is 23.7 Å². The van der Waals surface area contributed by atoms with Gasteiger partial charge in [0, 0.05) is 25.8 Å². The molecule has 0 unspecified atom stereocenters. The first-order valence-electron chi connectivity index (χ1n) is 6.66. The maximum Gasteiger partial charge on any atom is 0.326 e. The molecule has 7 nitrogen and oxygen atoms in total. The summed E-state index contributed by atoms with van der Waals surface area (Å²) in [6.07, 6.45) is 0.638. The number of carbonyl (C=O) groups excluding carboxylic acids is 3. The third-order valence-electron chi connectivity index (χ3n) is 3.06. The molecule has 0 aromatic rings. The fraction of sp³-hybridized carbons (Fsp3) is 0.692. The number of imide groups is 1. The molecule has 1 fully saturated rings. The Labute approximate surface area is 117 Å². The highest BCUT2D eigenvalue weighted by molar-refractivity contribution is 6.02. The van der Waals surface area contributed by atoms with E-state index in [1.807, 2.05) is 13.8 Å². The molecule has 112 valence electrons. The zero-order valence-electron chi connectivity index (χ0n) is 11.7. The zero-order chi connectivity index (χ0) is 15.3. The van der Waals surface area contributed by atoms with Gasteiger partial charge in [0.1, 0.15) is 6.04 Å². The van der Waals surface area contributed by atoms with Crippen LogP contribution in [0.25, 0.3) is 0 Å². The number of carboxylic acid groups (broad SMARTS) is 1. The van der Waals surface area contributed by atoms with Crippen LogP contribution in [0.1, 0.15) is 39.5 Å². The fourth-order valence-electron chi connectivity index (χ4n) is 2.05. The molecule has 20 heavy (non-hydrogen) atoms. The summed E-state index contributed by atoms with van der Waals surface area (Å²) < 4.78 is 0. The zero-order valence-corrected chi connectivity index (χ0v) is 11.7. The highest BCUT2D eigenvalue weighted by atomic mass is 16.4. The number of aliphatic carboxylic acids is 1. The van der Waals surface area contributed by atoms with Gasteiger partial charge in [0.25, 0.3) is 0 Å². The molecule has 0 aromatic heterocycles. The lowest BCUT2D eigenvalue weighted by molar-refractivity contribution is -0.143. The van der Waals surface area contributed by atoms with Crippen LogP contribution in [0.2, 0.25) is 0 Å². The molecule has 1 atom stereocenters. The molecule has 1 saturated heterocycles. The average molecular weight is 284 g/mol. The number of hydrogen-bond donors (Lipinski definition) is 2. The number of carboxylic acids is 1. The van der Waals surface area contributed by atoms with Crippen molar-refractivity contribution in [3.8, 4) is 0 Å². The predicted octanol–water partition coefficient (Wildman–Crippen LogP) is 0.141. The normalized spacial score (nSPS) is 16.6. The molecule has 1 aliphatic heterocycles. The Morgan fingerprint density at radius 1 is 1.25 bits per heavy atom. The molecule has 1 rings (SSSR count). The van der Waals surface area contributed by atoms with Crippen molar-refractivity contribution in [3.05, 3.63) is 0 Å². The number of rotatable bonds is 7. The average Bonchev–Trinajstić information content (AvgIpc) is 2.65. The van der Waals surface area contributed by atoms with Crippen molar-refractivity contribution in [2.75, 3.05) is 6.54 Å². The Balaban J connectivity index is 2.44. The lowest BCUT2D eigenvalue weighted by Crippen LogP contribution is -2.43. The van der Waals surface area contributed by atoms with Crippen LogP contribution >= 0.6 is 0 Å². The molecule has 0 aliphatic carbocycles. The van der Waals surface area contributed by atoms with Crippen LogP contribution in [0.15, 0.2) is 0 Å². The molecule has 0 radical (unpaired) electrons. The summed E-state index contributed by atoms with van der Waals surface area (Å²) in [5.74, 6) is -1.97. The van der Waals surface area contributed by atoms with Crippen molar-refractivity contribution in [1.29, 1.82) is 0 Å². The van der Waals surface area contributed by atoms with Gasteiger partial charge in [0.2, 0.25) is 17.7 Å². The van der Waals surface area contributed by atoms with E-state index in [2.05, 4.69) is 5.32 Å². The summed E-state index contributed by atoms with van der Waals surface area (Å²) in [5.41, 5.74) is 0. The second kappa shape index (κ2) is 7.02. The minimum Gasteiger partial charge on any atom is -0.480 e. The SMILES string of the molecule is CC(C)C[C@@H](NC(=O)CCN1C(=O)CCC1=O)C(=O)O. The van der Waals surface area contributed by atoms with Gasteiger partial charge >= 0.3 is 5.97 Å². The van der Waals surface area contributed by atoms with Crippen molar-refractivity contribution in [2.24, 2.45) is 5.92 Å². The molecule has 0 spiro atoms. The molecular weight excluding hydrogens is 264 g/mol. The van der Waals surface area contributed by atoms with Gasteiger partial charge in [0.15, 0.2) is 0 Å². The summed E-state index contributed by atoms with van der Waals surface area (Å²) in [4.78, 5) is 46.4. The lowest BCUT2D eigenvalue weighted by atomic mass is 10.0. The van der Waals surface area contributed by atoms with E-state index in [0.717, 1.165) is 4.90 Å². The van der Waals surface area contributed by atoms with Crippen LogP contribution in [0.4, 0.5) is 0 Å². The van der Waals surface area contributed by atoms with Gasteiger partial charge in [-0.2, -0.15) is 0 Å². The maximum absolute atomic E-state index is 11.7. The van der Waals surface area contributed by atoms with Crippen molar-refractivity contribution in [2.45, 2.75) is 45.6 Å². The molecular formula is C13H20N2O5. The van der Waals surface area contributed by atoms with Gasteiger partial charge in [-0.1, -0.05) is 13.8 Å². The molecule has 0 bridgehead atoms. The largest absolute Gasteiger partial charge is 0.480 e. The van der Waals surface area contributed by atoms with Gasteiger partial charge in [-0.05, 0) is 12.3 Å². The third-order valence-corrected chi connectivity index (χ3v) is 3.06. The van der Waals surface area contributed by atoms with E-state index in [0.29, 0.717) is 6.42 Å². The molecule has 3 amide bonds. The van der Waals surface area contributed by atoms with Crippen LogP contribution in [0.3, 0.4) is 0 Å². The summed E-state index contributed by atoms with van der Waals surface area (Å²) in [5, 5.41) is 11.4. The fourth-order valence-corrected chi connectivity index (χ4v) is 2.05. The number of nitrogens with one attached hydrogen (secondary N) is 1. The minimum atomic E-state index is -1.08. The highest BCUT2D eigenvalue weighted by Gasteiger charge is 2.29. The minimum absolute atomic E-state index is 0.0114. The van der Waals surface area contributed by atoms with Crippen LogP contribution in [0, 0.1) is 5.92 Å². The maximum atomic E-state index is 11.7. The predicted molar refractivity (Wildman–Crippen MR) is 69.6 cm³/mol. The number of nitrogens with zero attached hydrogens (tertiary/aromatic N) is 1. The smallest absolute Gasteiger partial charge is 0.326 e. The first kappa shape index (κ1) is 16.1. The van der Waals surface area contributed by atoms with E-state index >= 15 is 0 Å². The Morgan fingerprint density at radius 3 is 2.25 bits per heavy atom. The van der Waals surface area contributed by atoms with Crippen molar-refractivity contribution in [1.82, 2.24) is 10.2 Å². The van der Waals surface area contributed by atoms with E-state index < -0.39 is 17.9 Å². The molecule has 2 N–H and O–H groups in total. The summed E-state index contributed by atoms with van der Waals surface area (Å²) in [7, 11) is 0. The molecule has 0 aromatic carbocycles. The van der Waals surface area contributed by atoms with Crippen molar-refractivity contribution < 1.29 is 24.3 Å². The van der Waals surface area contributed by atoms with Gasteiger partial charge < -0.3 is 10.4 Å². The van der Waals surface area contributed by atoms with Crippen LogP contribution in [0.5, 0.6) is 0 Å². The summed E-state index contributed by atoms with van der Waals surface area (Å²) in [6, 6.07) is -0.938. The molecule has 0 saturated carbocycles. The first-order valence-corrected chi connectivity index (χ1v) is 6.66. The lowest BCUT2D eigenvalue weighted by Gasteiger charge is -2.18. The standard InChI is InChI=1S/C13H20N2O5/c1-8(2)7-9(13(19)20)14-10(16)5-6-15-11(17)3-4-12(15)18/h8-9H,3-7H2,1-2H3,(H,14,16)(H,19,20)/t9-/m1/s1. The van der Waals surface area contributed by atoms with E-state index in [1.54, 1.807) is 0 Å². The van der Waals surface area contributed by atoms with E-state index in [1.165, 1.54) is 0 Å². The van der Waals surface area contributed by atoms with Gasteiger partial charge in [0.05, 0.1) is 0 Å². The second-order valence-corrected chi connectivity index (χ2v) is 5.28. The van der Waals surface area contributed by atoms with Gasteiger partial charge in [-0.3, -0.25) is 19.3 Å². The Morgan fingerprint density at radius 2 is 1.80 bits per heavy atom. The Kier molecular flexibility index (Phi) is 5.66. The number of likely N-dealkylation sites (tertiary alicyclic amines) is 1. The number of amides is 3. The first-order chi connectivity index (χ1) is 9.31. The van der Waals surface area contributed by atoms with Crippen LogP contribution in [-0.4, -0.2) is 46.3 Å². The third kappa shape index (κ3) is 4.64. The summed E-state index contributed by atoms with van der Waals surface area (Å²) >= 11 is 0. The van der Waals surface area contributed by atoms with Crippen LogP contribution < -0.4 is 5.32 Å². The van der Waals surface area contributed by atoms with Crippen molar-refractivity contribution in [3.63, 3.8) is 0 Å². The van der Waals surface area contributed by atoms with E-state index in [4.69, 9.17) is 5.11 Å². The summed E-state index contributed by atoms with van der Waals surface area (Å²) in [6.45, 7) is 3.74. The Hall–Kier alpha value is -1.92. The molecule has 7 heteroatoms. The topological polar surface area (TPSA) is 104 Å². The Bertz CT molecular complexity index is 403. The molecule has 1 aliphatic rings. The molecule has 1 heterocycles. The van der Waals surface area contributed by atoms with Gasteiger partial charge in [-0.15, -0.1) is 0 Å². The van der Waals surface area contributed by atoms with E-state index in [9.17, 15) is 19.2 Å². The highest BCUT2D eigenvalue weighted by Crippen LogP contribution is 2.12. The van der Waals surface area contributed by atoms with Crippen LogP contribution in [-0.2, 0) is 19.2 Å². The monoisotopic (exact) mass is 284 g/mol. The van der Waals surface area contributed by atoms with E-state index in [-0.39, 0.29) is 43.5 Å². The second-order valence-electron chi connectivity index (χ2n) is 5.28. The van der Waals surface area contributed by atoms with Gasteiger partial charge in [-0.25, -0.2) is 4.79 Å².